The van der Waals surface area contributed by atoms with Crippen molar-refractivity contribution in [1.29, 1.82) is 0 Å². The zero-order chi connectivity index (χ0) is 36.7. The highest BCUT2D eigenvalue weighted by atomic mass is 16.3. The lowest BCUT2D eigenvalue weighted by Crippen LogP contribution is -2.37. The molecule has 54 heavy (non-hydrogen) atoms. The van der Waals surface area contributed by atoms with Gasteiger partial charge in [-0.15, -0.1) is 0 Å². The van der Waals surface area contributed by atoms with E-state index in [4.69, 9.17) is 4.42 Å². The molecule has 0 bridgehead atoms. The molecule has 1 aliphatic carbocycles. The second kappa shape index (κ2) is 10.9. The number of fused-ring (bicyclic) bond motifs is 10. The van der Waals surface area contributed by atoms with Gasteiger partial charge in [0.05, 0.1) is 5.52 Å². The van der Waals surface area contributed by atoms with Crippen LogP contribution in [0.4, 0.5) is 11.4 Å². The van der Waals surface area contributed by atoms with Crippen molar-refractivity contribution in [1.82, 2.24) is 4.57 Å². The molecule has 1 aliphatic heterocycles. The molecular weight excluding hydrogens is 655 g/mol. The van der Waals surface area contributed by atoms with Gasteiger partial charge in [0.1, 0.15) is 11.2 Å². The number of nitrogens with one attached hydrogen (secondary N) is 1. The van der Waals surface area contributed by atoms with Crippen molar-refractivity contribution in [2.75, 3.05) is 5.32 Å². The Bertz CT molecular complexity index is 3080. The summed E-state index contributed by atoms with van der Waals surface area (Å²) >= 11 is 0. The summed E-state index contributed by atoms with van der Waals surface area (Å²) in [6, 6.07) is 43.1. The summed E-state index contributed by atoms with van der Waals surface area (Å²) in [5.74, 6) is 0. The van der Waals surface area contributed by atoms with E-state index in [-0.39, 0.29) is 10.8 Å². The maximum Gasteiger partial charge on any atom is 0.198 e. The molecule has 1 N–H and O–H groups in total. The summed E-state index contributed by atoms with van der Waals surface area (Å²) in [7, 11) is 0.852. The lowest BCUT2D eigenvalue weighted by molar-refractivity contribution is 0.332. The van der Waals surface area contributed by atoms with Crippen LogP contribution in [0, 0.1) is 13.8 Å². The molecule has 0 amide bonds. The molecule has 3 nitrogen and oxygen atoms in total. The zero-order valence-corrected chi connectivity index (χ0v) is 31.9. The molecule has 11 rings (SSSR count). The number of aryl methyl sites for hydroxylation is 2. The fourth-order valence-electron chi connectivity index (χ4n) is 10.0. The largest absolute Gasteiger partial charge is 0.456 e. The Kier molecular flexibility index (Phi) is 6.42. The van der Waals surface area contributed by atoms with Gasteiger partial charge in [-0.3, -0.25) is 0 Å². The number of aromatic nitrogens is 1. The second-order valence-electron chi connectivity index (χ2n) is 17.4. The van der Waals surface area contributed by atoms with E-state index in [1.165, 1.54) is 101 Å². The first-order chi connectivity index (χ1) is 26.1. The van der Waals surface area contributed by atoms with Crippen LogP contribution in [-0.2, 0) is 10.8 Å². The summed E-state index contributed by atoms with van der Waals surface area (Å²) in [5.41, 5.74) is 18.8. The van der Waals surface area contributed by atoms with E-state index in [0.717, 1.165) is 34.9 Å². The second-order valence-corrected chi connectivity index (χ2v) is 17.4. The van der Waals surface area contributed by atoms with Gasteiger partial charge in [-0.25, -0.2) is 0 Å². The predicted molar refractivity (Wildman–Crippen MR) is 232 cm³/mol. The highest BCUT2D eigenvalue weighted by Gasteiger charge is 2.38. The van der Waals surface area contributed by atoms with Crippen LogP contribution < -0.4 is 16.2 Å². The standard InChI is InChI=1S/C50H43BN2O/c1-28-22-35(47-42(23-28)53-41-26-31-13-8-7-12-30(31)25-34(41)32-15-11-16-38(51-47)48(32)53)45-39(18-19-44-46(45)33-14-9-10-17-43(33)54-44)52-40-27-37-36(24-29(40)2)49(3,4)20-21-50(37,5)6/h7-19,22-27,51-52H,20-21H2,1-6H3. The van der Waals surface area contributed by atoms with Crippen molar-refractivity contribution in [3.63, 3.8) is 0 Å². The van der Waals surface area contributed by atoms with E-state index in [2.05, 4.69) is 167 Å². The smallest absolute Gasteiger partial charge is 0.198 e. The fraction of sp³-hybridized carbons (Fsp3) is 0.200. The molecule has 2 aromatic heterocycles. The van der Waals surface area contributed by atoms with Crippen molar-refractivity contribution in [2.24, 2.45) is 0 Å². The van der Waals surface area contributed by atoms with Gasteiger partial charge in [-0.1, -0.05) is 106 Å². The van der Waals surface area contributed by atoms with Crippen LogP contribution in [0.25, 0.3) is 71.3 Å². The number of furan rings is 1. The van der Waals surface area contributed by atoms with Crippen molar-refractivity contribution in [3.8, 4) is 16.8 Å². The van der Waals surface area contributed by atoms with E-state index in [1.807, 2.05) is 0 Å². The first-order valence-corrected chi connectivity index (χ1v) is 19.5. The van der Waals surface area contributed by atoms with Gasteiger partial charge in [0, 0.05) is 49.7 Å². The van der Waals surface area contributed by atoms with Crippen molar-refractivity contribution >= 4 is 84.1 Å². The van der Waals surface area contributed by atoms with E-state index in [9.17, 15) is 0 Å². The van der Waals surface area contributed by atoms with Gasteiger partial charge < -0.3 is 14.3 Å². The zero-order valence-electron chi connectivity index (χ0n) is 31.9. The minimum atomic E-state index is 0.113. The Hall–Kier alpha value is -5.74. The molecule has 0 unspecified atom stereocenters. The Labute approximate surface area is 316 Å². The summed E-state index contributed by atoms with van der Waals surface area (Å²) < 4.78 is 9.15. The van der Waals surface area contributed by atoms with Crippen LogP contribution in [0.2, 0.25) is 0 Å². The normalized spacial score (nSPS) is 15.5. The average Bonchev–Trinajstić information content (AvgIpc) is 3.70. The number of nitrogens with zero attached hydrogens (tertiary/aromatic N) is 1. The molecule has 4 heteroatoms. The molecule has 0 saturated carbocycles. The molecule has 0 saturated heterocycles. The van der Waals surface area contributed by atoms with Gasteiger partial charge in [0.15, 0.2) is 7.28 Å². The first-order valence-electron chi connectivity index (χ1n) is 19.5. The number of rotatable bonds is 3. The third-order valence-corrected chi connectivity index (χ3v) is 13.0. The molecule has 0 radical (unpaired) electrons. The highest BCUT2D eigenvalue weighted by molar-refractivity contribution is 6.73. The minimum absolute atomic E-state index is 0.113. The summed E-state index contributed by atoms with van der Waals surface area (Å²) in [5, 5.41) is 11.5. The van der Waals surface area contributed by atoms with Crippen molar-refractivity contribution < 1.29 is 4.42 Å². The Morgan fingerprint density at radius 2 is 1.37 bits per heavy atom. The molecule has 0 atom stereocenters. The first kappa shape index (κ1) is 31.8. The van der Waals surface area contributed by atoms with Crippen molar-refractivity contribution in [3.05, 3.63) is 138 Å². The highest BCUT2D eigenvalue weighted by Crippen LogP contribution is 2.49. The third kappa shape index (κ3) is 4.43. The Morgan fingerprint density at radius 3 is 2.19 bits per heavy atom. The number of para-hydroxylation sites is 2. The lowest BCUT2D eigenvalue weighted by atomic mass is 9.58. The quantitative estimate of drug-likeness (QED) is 0.186. The van der Waals surface area contributed by atoms with Gasteiger partial charge in [0.2, 0.25) is 0 Å². The number of benzene rings is 7. The molecule has 0 spiro atoms. The van der Waals surface area contributed by atoms with Gasteiger partial charge in [-0.05, 0) is 124 Å². The molecule has 3 heterocycles. The molecule has 9 aromatic rings. The monoisotopic (exact) mass is 698 g/mol. The number of anilines is 2. The molecule has 7 aromatic carbocycles. The summed E-state index contributed by atoms with van der Waals surface area (Å²) in [6.45, 7) is 14.2. The van der Waals surface area contributed by atoms with Crippen LogP contribution in [0.1, 0.15) is 62.8 Å². The molecule has 262 valence electrons. The van der Waals surface area contributed by atoms with E-state index in [1.54, 1.807) is 0 Å². The number of hydrogen-bond donors (Lipinski definition) is 1. The third-order valence-electron chi connectivity index (χ3n) is 13.0. The van der Waals surface area contributed by atoms with Crippen LogP contribution in [0.5, 0.6) is 0 Å². The SMILES string of the molecule is Cc1cc(-c2c(Nc3cc4c(cc3C)C(C)(C)CCC4(C)C)ccc3oc4ccccc4c23)c2c(c1)-n1c3cc4ccccc4cc3c3cccc(c31)B2. The topological polar surface area (TPSA) is 30.1 Å². The summed E-state index contributed by atoms with van der Waals surface area (Å²) in [6.07, 6.45) is 2.39. The van der Waals surface area contributed by atoms with Crippen LogP contribution in [0.3, 0.4) is 0 Å². The number of hydrogen-bond acceptors (Lipinski definition) is 2. The van der Waals surface area contributed by atoms with E-state index >= 15 is 0 Å². The lowest BCUT2D eigenvalue weighted by Gasteiger charge is -2.42. The van der Waals surface area contributed by atoms with Gasteiger partial charge >= 0.3 is 0 Å². The van der Waals surface area contributed by atoms with E-state index < -0.39 is 0 Å². The van der Waals surface area contributed by atoms with E-state index in [0.29, 0.717) is 0 Å². The Balaban J connectivity index is 1.20. The predicted octanol–water partition coefficient (Wildman–Crippen LogP) is 11.9. The fourth-order valence-corrected chi connectivity index (χ4v) is 10.0. The van der Waals surface area contributed by atoms with Crippen molar-refractivity contribution in [2.45, 2.75) is 65.2 Å². The maximum atomic E-state index is 6.60. The molecule has 2 aliphatic rings. The molecule has 0 fully saturated rings. The summed E-state index contributed by atoms with van der Waals surface area (Å²) in [4.78, 5) is 0. The Morgan fingerprint density at radius 1 is 0.648 bits per heavy atom. The van der Waals surface area contributed by atoms with Crippen LogP contribution >= 0.6 is 0 Å². The van der Waals surface area contributed by atoms with Gasteiger partial charge in [0.25, 0.3) is 0 Å². The van der Waals surface area contributed by atoms with Crippen LogP contribution in [-0.4, -0.2) is 11.8 Å². The minimum Gasteiger partial charge on any atom is -0.456 e. The molecular formula is C50H43BN2O. The maximum absolute atomic E-state index is 6.60. The van der Waals surface area contributed by atoms with Crippen LogP contribution in [0.15, 0.2) is 120 Å². The van der Waals surface area contributed by atoms with Gasteiger partial charge in [-0.2, -0.15) is 0 Å². The average molecular weight is 699 g/mol.